The molecule has 1 fully saturated rings. The summed E-state index contributed by atoms with van der Waals surface area (Å²) in [7, 11) is -6.19. The summed E-state index contributed by atoms with van der Waals surface area (Å²) in [6, 6.07) is 15.4. The van der Waals surface area contributed by atoms with Crippen LogP contribution in [0.15, 0.2) is 65.6 Å². The number of nitrogens with two attached hydrogens (primary N) is 1. The molecule has 4 N–H and O–H groups in total. The number of halogens is 2. The molecule has 1 heterocycles. The molecular formula is C28H32Cl2N6O6S2. The summed E-state index contributed by atoms with van der Waals surface area (Å²) >= 11 is 12.2. The van der Waals surface area contributed by atoms with Crippen molar-refractivity contribution >= 4 is 72.1 Å². The Balaban J connectivity index is 1.48. The molecule has 0 aliphatic carbocycles. The molecule has 16 heteroatoms. The molecule has 4 rings (SSSR count). The number of amides is 2. The minimum atomic E-state index is -3.81. The number of carbonyl (C=O) groups is 2. The fourth-order valence-corrected chi connectivity index (χ4v) is 7.02. The lowest BCUT2D eigenvalue weighted by atomic mass is 10.1. The van der Waals surface area contributed by atoms with Crippen molar-refractivity contribution in [3.63, 3.8) is 0 Å². The Hall–Kier alpha value is -3.40. The molecule has 1 aliphatic rings. The minimum Gasteiger partial charge on any atom is -0.369 e. The molecule has 0 bridgehead atoms. The van der Waals surface area contributed by atoms with Gasteiger partial charge in [-0.25, -0.2) is 16.8 Å². The van der Waals surface area contributed by atoms with Gasteiger partial charge in [0.05, 0.1) is 28.9 Å². The Morgan fingerprint density at radius 1 is 0.909 bits per heavy atom. The highest BCUT2D eigenvalue weighted by molar-refractivity contribution is 7.92. The van der Waals surface area contributed by atoms with Crippen molar-refractivity contribution < 1.29 is 26.4 Å². The number of benzene rings is 3. The number of hydrogen-bond acceptors (Lipinski definition) is 8. The molecule has 12 nitrogen and oxygen atoms in total. The maximum Gasteiger partial charge on any atom is 0.257 e. The van der Waals surface area contributed by atoms with E-state index in [0.29, 0.717) is 34.4 Å². The number of rotatable bonds is 10. The Bertz CT molecular complexity index is 1740. The van der Waals surface area contributed by atoms with Crippen molar-refractivity contribution in [3.05, 3.63) is 81.8 Å². The number of hydrogen-bond donors (Lipinski definition) is 3. The molecule has 3 aromatic rings. The fraction of sp³-hybridized carbons (Fsp3) is 0.286. The zero-order valence-corrected chi connectivity index (χ0v) is 27.1. The van der Waals surface area contributed by atoms with Crippen molar-refractivity contribution in [2.75, 3.05) is 60.5 Å². The molecule has 1 aliphatic heterocycles. The van der Waals surface area contributed by atoms with Gasteiger partial charge < -0.3 is 21.3 Å². The summed E-state index contributed by atoms with van der Waals surface area (Å²) in [5.74, 6) is -1.02. The van der Waals surface area contributed by atoms with Crippen LogP contribution in [0.3, 0.4) is 0 Å². The first-order valence-electron chi connectivity index (χ1n) is 13.4. The van der Waals surface area contributed by atoms with Crippen LogP contribution in [0.5, 0.6) is 0 Å². The summed E-state index contributed by atoms with van der Waals surface area (Å²) in [5.41, 5.74) is 7.14. The summed E-state index contributed by atoms with van der Waals surface area (Å²) in [6.07, 6.45) is 1.01. The highest BCUT2D eigenvalue weighted by Crippen LogP contribution is 2.28. The molecule has 236 valence electrons. The molecule has 0 aromatic heterocycles. The molecule has 0 unspecified atom stereocenters. The first-order valence-corrected chi connectivity index (χ1v) is 17.4. The molecule has 44 heavy (non-hydrogen) atoms. The number of nitrogens with zero attached hydrogens (tertiary/aromatic N) is 3. The van der Waals surface area contributed by atoms with E-state index in [0.717, 1.165) is 16.2 Å². The third kappa shape index (κ3) is 8.00. The van der Waals surface area contributed by atoms with E-state index in [-0.39, 0.29) is 42.3 Å². The maximum absolute atomic E-state index is 13.4. The number of carbonyl (C=O) groups excluding carboxylic acids is 2. The smallest absolute Gasteiger partial charge is 0.257 e. The monoisotopic (exact) mass is 682 g/mol. The van der Waals surface area contributed by atoms with Gasteiger partial charge in [-0.05, 0) is 60.2 Å². The van der Waals surface area contributed by atoms with Gasteiger partial charge in [0.25, 0.3) is 5.91 Å². The topological polar surface area (TPSA) is 162 Å². The molecule has 3 aromatic carbocycles. The third-order valence-electron chi connectivity index (χ3n) is 7.02. The van der Waals surface area contributed by atoms with Crippen LogP contribution < -0.4 is 25.6 Å². The lowest BCUT2D eigenvalue weighted by Crippen LogP contribution is -2.48. The van der Waals surface area contributed by atoms with Crippen LogP contribution in [0.4, 0.5) is 17.1 Å². The van der Waals surface area contributed by atoms with Gasteiger partial charge in [0, 0.05) is 61.2 Å². The number of piperazine rings is 1. The lowest BCUT2D eigenvalue weighted by Gasteiger charge is -2.35. The molecule has 2 amide bonds. The number of nitrogens with one attached hydrogen (secondary N) is 2. The fourth-order valence-electron chi connectivity index (χ4n) is 4.57. The quantitative estimate of drug-likeness (QED) is 0.294. The third-order valence-corrected chi connectivity index (χ3v) is 10.6. The Morgan fingerprint density at radius 3 is 2.09 bits per heavy atom. The maximum atomic E-state index is 13.4. The van der Waals surface area contributed by atoms with Crippen LogP contribution in [0.25, 0.3) is 0 Å². The van der Waals surface area contributed by atoms with Crippen molar-refractivity contribution in [1.82, 2.24) is 9.62 Å². The van der Waals surface area contributed by atoms with Crippen LogP contribution in [-0.4, -0.2) is 79.0 Å². The normalized spacial score (nSPS) is 14.2. The second-order valence-corrected chi connectivity index (χ2v) is 14.9. The van der Waals surface area contributed by atoms with Crippen LogP contribution in [0, 0.1) is 0 Å². The average molecular weight is 684 g/mol. The van der Waals surface area contributed by atoms with Crippen molar-refractivity contribution in [2.24, 2.45) is 5.73 Å². The predicted octanol–water partition coefficient (Wildman–Crippen LogP) is 2.73. The molecule has 0 radical (unpaired) electrons. The van der Waals surface area contributed by atoms with Gasteiger partial charge in [0.2, 0.25) is 26.0 Å². The lowest BCUT2D eigenvalue weighted by molar-refractivity contribution is -0.119. The zero-order valence-electron chi connectivity index (χ0n) is 24.0. The van der Waals surface area contributed by atoms with Crippen LogP contribution in [-0.2, 0) is 31.4 Å². The van der Waals surface area contributed by atoms with E-state index in [1.165, 1.54) is 47.8 Å². The molecule has 0 spiro atoms. The number of sulfonamides is 2. The standard InChI is InChI=1S/C28H32Cl2N6O6S2/c1-34(43(2,39)40)26-8-3-19(18-32-27(37)17-31)13-25(26)28(38)33-22-4-6-24(7-5-22)44(41,42)36-11-9-35(10-12-36)23-15-20(29)14-21(30)16-23/h3-8,13-16H,9-12,17-18,31H2,1-2H3,(H,32,37)(H,33,38). The van der Waals surface area contributed by atoms with E-state index < -0.39 is 31.9 Å². The minimum absolute atomic E-state index is 0.0352. The average Bonchev–Trinajstić information content (AvgIpc) is 2.98. The van der Waals surface area contributed by atoms with E-state index in [4.69, 9.17) is 28.9 Å². The van der Waals surface area contributed by atoms with Gasteiger partial charge in [-0.3, -0.25) is 13.9 Å². The summed E-state index contributed by atoms with van der Waals surface area (Å²) in [4.78, 5) is 27.0. The molecular weight excluding hydrogens is 651 g/mol. The van der Waals surface area contributed by atoms with Crippen molar-refractivity contribution in [2.45, 2.75) is 11.4 Å². The first kappa shape index (κ1) is 33.5. The SMILES string of the molecule is CN(c1ccc(CNC(=O)CN)cc1C(=O)Nc1ccc(S(=O)(=O)N2CCN(c3cc(Cl)cc(Cl)c3)CC2)cc1)S(C)(=O)=O. The van der Waals surface area contributed by atoms with E-state index >= 15 is 0 Å². The summed E-state index contributed by atoms with van der Waals surface area (Å²) in [6.45, 7) is 1.27. The highest BCUT2D eigenvalue weighted by Gasteiger charge is 2.29. The molecule has 0 saturated carbocycles. The molecule has 1 saturated heterocycles. The Morgan fingerprint density at radius 2 is 1.52 bits per heavy atom. The predicted molar refractivity (Wildman–Crippen MR) is 172 cm³/mol. The summed E-state index contributed by atoms with van der Waals surface area (Å²) in [5, 5.41) is 6.29. The van der Waals surface area contributed by atoms with E-state index in [2.05, 4.69) is 10.6 Å². The van der Waals surface area contributed by atoms with E-state index in [1.807, 2.05) is 4.90 Å². The Labute approximate surface area is 266 Å². The van der Waals surface area contributed by atoms with Crippen LogP contribution in [0.2, 0.25) is 10.0 Å². The Kier molecular flexibility index (Phi) is 10.4. The van der Waals surface area contributed by atoms with E-state index in [1.54, 1.807) is 24.3 Å². The van der Waals surface area contributed by atoms with Crippen molar-refractivity contribution in [1.29, 1.82) is 0 Å². The van der Waals surface area contributed by atoms with Crippen LogP contribution in [0.1, 0.15) is 15.9 Å². The van der Waals surface area contributed by atoms with E-state index in [9.17, 15) is 26.4 Å². The largest absolute Gasteiger partial charge is 0.369 e. The van der Waals surface area contributed by atoms with Gasteiger partial charge in [-0.1, -0.05) is 29.3 Å². The zero-order chi connectivity index (χ0) is 32.2. The highest BCUT2D eigenvalue weighted by atomic mass is 35.5. The molecule has 0 atom stereocenters. The first-order chi connectivity index (χ1) is 20.7. The van der Waals surface area contributed by atoms with Gasteiger partial charge in [0.15, 0.2) is 0 Å². The van der Waals surface area contributed by atoms with Crippen LogP contribution >= 0.6 is 23.2 Å². The van der Waals surface area contributed by atoms with Gasteiger partial charge in [-0.15, -0.1) is 0 Å². The number of anilines is 3. The van der Waals surface area contributed by atoms with Gasteiger partial charge in [-0.2, -0.15) is 4.31 Å². The summed E-state index contributed by atoms with van der Waals surface area (Å²) < 4.78 is 53.5. The van der Waals surface area contributed by atoms with Gasteiger partial charge in [0.1, 0.15) is 0 Å². The van der Waals surface area contributed by atoms with Gasteiger partial charge >= 0.3 is 0 Å². The second-order valence-electron chi connectivity index (χ2n) is 10.1. The second kappa shape index (κ2) is 13.7. The van der Waals surface area contributed by atoms with Crippen molar-refractivity contribution in [3.8, 4) is 0 Å².